The van der Waals surface area contributed by atoms with Crippen LogP contribution in [-0.4, -0.2) is 54.9 Å². The third-order valence-electron chi connectivity index (χ3n) is 4.39. The Morgan fingerprint density at radius 2 is 1.67 bits per heavy atom. The number of Topliss-reactive ketones (excluding diaryl/α,β-unsaturated/α-hetero) is 1. The molecule has 114 valence electrons. The van der Waals surface area contributed by atoms with Crippen molar-refractivity contribution in [3.63, 3.8) is 0 Å². The lowest BCUT2D eigenvalue weighted by atomic mass is 10.1. The van der Waals surface area contributed by atoms with Gasteiger partial charge in [0.05, 0.1) is 6.54 Å². The van der Waals surface area contributed by atoms with Gasteiger partial charge in [-0.25, -0.2) is 4.39 Å². The van der Waals surface area contributed by atoms with Crippen LogP contribution in [0.15, 0.2) is 24.3 Å². The summed E-state index contributed by atoms with van der Waals surface area (Å²) in [7, 11) is 0. The fraction of sp³-hybridized carbons (Fsp3) is 0.588. The van der Waals surface area contributed by atoms with Gasteiger partial charge in [0.2, 0.25) is 0 Å². The number of nitrogens with zero attached hydrogens (tertiary/aromatic N) is 2. The highest BCUT2D eigenvalue weighted by molar-refractivity contribution is 5.82. The van der Waals surface area contributed by atoms with Crippen LogP contribution in [0.4, 0.5) is 4.39 Å². The smallest absolute Gasteiger partial charge is 0.151 e. The molecule has 0 amide bonds. The lowest BCUT2D eigenvalue weighted by Gasteiger charge is -2.34. The van der Waals surface area contributed by atoms with E-state index in [-0.39, 0.29) is 11.6 Å². The minimum atomic E-state index is -0.252. The van der Waals surface area contributed by atoms with Crippen molar-refractivity contribution in [2.24, 2.45) is 5.92 Å². The first-order chi connectivity index (χ1) is 10.2. The van der Waals surface area contributed by atoms with Gasteiger partial charge in [-0.2, -0.15) is 0 Å². The number of hydrogen-bond acceptors (Lipinski definition) is 3. The molecular weight excluding hydrogens is 267 g/mol. The maximum absolute atomic E-state index is 12.8. The maximum Gasteiger partial charge on any atom is 0.151 e. The van der Waals surface area contributed by atoms with Gasteiger partial charge in [0, 0.05) is 39.1 Å². The molecule has 1 aromatic carbocycles. The fourth-order valence-electron chi connectivity index (χ4n) is 2.93. The van der Waals surface area contributed by atoms with Gasteiger partial charge >= 0.3 is 0 Å². The third kappa shape index (κ3) is 4.61. The summed E-state index contributed by atoms with van der Waals surface area (Å²) < 4.78 is 12.8. The molecule has 0 unspecified atom stereocenters. The summed E-state index contributed by atoms with van der Waals surface area (Å²) in [4.78, 5) is 16.9. The van der Waals surface area contributed by atoms with Crippen LogP contribution < -0.4 is 0 Å². The van der Waals surface area contributed by atoms with E-state index in [9.17, 15) is 9.18 Å². The molecule has 0 bridgehead atoms. The molecule has 3 nitrogen and oxygen atoms in total. The van der Waals surface area contributed by atoms with E-state index < -0.39 is 0 Å². The second-order valence-corrected chi connectivity index (χ2v) is 6.36. The van der Waals surface area contributed by atoms with Crippen molar-refractivity contribution < 1.29 is 9.18 Å². The van der Waals surface area contributed by atoms with E-state index in [0.29, 0.717) is 13.0 Å². The number of piperazine rings is 1. The zero-order valence-electron chi connectivity index (χ0n) is 12.4. The van der Waals surface area contributed by atoms with E-state index in [4.69, 9.17) is 0 Å². The van der Waals surface area contributed by atoms with Gasteiger partial charge in [-0.3, -0.25) is 9.69 Å². The highest BCUT2D eigenvalue weighted by Gasteiger charge is 2.26. The van der Waals surface area contributed by atoms with E-state index >= 15 is 0 Å². The summed E-state index contributed by atoms with van der Waals surface area (Å²) in [5.41, 5.74) is 0.897. The minimum Gasteiger partial charge on any atom is -0.301 e. The van der Waals surface area contributed by atoms with Crippen LogP contribution in [0, 0.1) is 11.7 Å². The van der Waals surface area contributed by atoms with Crippen LogP contribution in [0.3, 0.4) is 0 Å². The number of carbonyl (C=O) groups excluding carboxylic acids is 1. The van der Waals surface area contributed by atoms with Gasteiger partial charge < -0.3 is 4.90 Å². The highest BCUT2D eigenvalue weighted by Crippen LogP contribution is 2.29. The van der Waals surface area contributed by atoms with E-state index in [1.165, 1.54) is 31.5 Å². The van der Waals surface area contributed by atoms with Gasteiger partial charge in [0.15, 0.2) is 5.78 Å². The molecule has 0 radical (unpaired) electrons. The van der Waals surface area contributed by atoms with Crippen molar-refractivity contribution in [2.75, 3.05) is 39.3 Å². The van der Waals surface area contributed by atoms with Crippen molar-refractivity contribution in [3.05, 3.63) is 35.6 Å². The Morgan fingerprint density at radius 3 is 2.29 bits per heavy atom. The first-order valence-electron chi connectivity index (χ1n) is 7.90. The molecule has 0 N–H and O–H groups in total. The quantitative estimate of drug-likeness (QED) is 0.800. The standard InChI is InChI=1S/C17H23FN2O/c18-16-5-3-14(4-6-16)11-17(21)13-20-9-7-19(8-10-20)12-15-1-2-15/h3-6,15H,1-2,7-13H2. The van der Waals surface area contributed by atoms with Crippen LogP contribution in [0.1, 0.15) is 18.4 Å². The lowest BCUT2D eigenvalue weighted by molar-refractivity contribution is -0.120. The molecule has 1 heterocycles. The molecule has 0 spiro atoms. The number of halogens is 1. The zero-order valence-corrected chi connectivity index (χ0v) is 12.4. The predicted molar refractivity (Wildman–Crippen MR) is 80.7 cm³/mol. The topological polar surface area (TPSA) is 23.6 Å². The van der Waals surface area contributed by atoms with Crippen molar-refractivity contribution in [3.8, 4) is 0 Å². The van der Waals surface area contributed by atoms with Crippen molar-refractivity contribution in [1.82, 2.24) is 9.80 Å². The molecule has 2 aliphatic rings. The molecule has 3 rings (SSSR count). The molecule has 1 saturated carbocycles. The molecule has 4 heteroatoms. The maximum atomic E-state index is 12.8. The predicted octanol–water partition coefficient (Wildman–Crippen LogP) is 1.96. The molecule has 2 fully saturated rings. The Bertz CT molecular complexity index is 476. The van der Waals surface area contributed by atoms with Gasteiger partial charge in [0.25, 0.3) is 0 Å². The molecule has 1 saturated heterocycles. The average Bonchev–Trinajstić information content (AvgIpc) is 3.28. The first kappa shape index (κ1) is 14.7. The second-order valence-electron chi connectivity index (χ2n) is 6.36. The molecule has 21 heavy (non-hydrogen) atoms. The van der Waals surface area contributed by atoms with Gasteiger partial charge in [-0.05, 0) is 36.5 Å². The van der Waals surface area contributed by atoms with Crippen LogP contribution >= 0.6 is 0 Å². The summed E-state index contributed by atoms with van der Waals surface area (Å²) >= 11 is 0. The van der Waals surface area contributed by atoms with Gasteiger partial charge in [0.1, 0.15) is 5.82 Å². The monoisotopic (exact) mass is 290 g/mol. The van der Waals surface area contributed by atoms with E-state index in [1.807, 2.05) is 0 Å². The van der Waals surface area contributed by atoms with Gasteiger partial charge in [-0.1, -0.05) is 12.1 Å². The first-order valence-corrected chi connectivity index (χ1v) is 7.90. The molecule has 0 aromatic heterocycles. The number of rotatable bonds is 6. The summed E-state index contributed by atoms with van der Waals surface area (Å²) in [6.07, 6.45) is 3.20. The van der Waals surface area contributed by atoms with Crippen LogP contribution in [0.25, 0.3) is 0 Å². The van der Waals surface area contributed by atoms with Gasteiger partial charge in [-0.15, -0.1) is 0 Å². The minimum absolute atomic E-state index is 0.220. The molecule has 0 atom stereocenters. The van der Waals surface area contributed by atoms with Crippen molar-refractivity contribution in [1.29, 1.82) is 0 Å². The lowest BCUT2D eigenvalue weighted by Crippen LogP contribution is -2.48. The average molecular weight is 290 g/mol. The molecule has 1 aromatic rings. The Hall–Kier alpha value is -1.26. The zero-order chi connectivity index (χ0) is 14.7. The second kappa shape index (κ2) is 6.67. The van der Waals surface area contributed by atoms with Crippen LogP contribution in [0.5, 0.6) is 0 Å². The molecule has 1 aliphatic heterocycles. The summed E-state index contributed by atoms with van der Waals surface area (Å²) in [5.74, 6) is 0.909. The number of hydrogen-bond donors (Lipinski definition) is 0. The van der Waals surface area contributed by atoms with Crippen LogP contribution in [0.2, 0.25) is 0 Å². The third-order valence-corrected chi connectivity index (χ3v) is 4.39. The SMILES string of the molecule is O=C(Cc1ccc(F)cc1)CN1CCN(CC2CC2)CC1. The highest BCUT2D eigenvalue weighted by atomic mass is 19.1. The van der Waals surface area contributed by atoms with E-state index in [1.54, 1.807) is 12.1 Å². The van der Waals surface area contributed by atoms with Crippen molar-refractivity contribution in [2.45, 2.75) is 19.3 Å². The van der Waals surface area contributed by atoms with E-state index in [2.05, 4.69) is 9.80 Å². The number of carbonyl (C=O) groups is 1. The Morgan fingerprint density at radius 1 is 1.05 bits per heavy atom. The van der Waals surface area contributed by atoms with Crippen molar-refractivity contribution >= 4 is 5.78 Å². The number of benzene rings is 1. The summed E-state index contributed by atoms with van der Waals surface area (Å²) in [5, 5.41) is 0. The fourth-order valence-corrected chi connectivity index (χ4v) is 2.93. The summed E-state index contributed by atoms with van der Waals surface area (Å²) in [6, 6.07) is 6.22. The Labute approximate surface area is 125 Å². The van der Waals surface area contributed by atoms with Crippen LogP contribution in [-0.2, 0) is 11.2 Å². The number of ketones is 1. The molecule has 1 aliphatic carbocycles. The molecular formula is C17H23FN2O. The Kier molecular flexibility index (Phi) is 4.66. The largest absolute Gasteiger partial charge is 0.301 e. The Balaban J connectivity index is 1.39. The summed E-state index contributed by atoms with van der Waals surface area (Å²) in [6.45, 7) is 5.91. The van der Waals surface area contributed by atoms with E-state index in [0.717, 1.165) is 37.7 Å². The normalized spacial score (nSPS) is 20.6.